The van der Waals surface area contributed by atoms with Crippen molar-refractivity contribution in [2.45, 2.75) is 18.5 Å². The maximum atomic E-state index is 13.1. The fraction of sp³-hybridized carbons (Fsp3) is 0.192. The molecule has 7 heteroatoms. The molecule has 0 radical (unpaired) electrons. The van der Waals surface area contributed by atoms with Gasteiger partial charge in [0.2, 0.25) is 0 Å². The van der Waals surface area contributed by atoms with Crippen molar-refractivity contribution in [1.29, 1.82) is 0 Å². The summed E-state index contributed by atoms with van der Waals surface area (Å²) >= 11 is 5.79. The van der Waals surface area contributed by atoms with E-state index in [1.54, 1.807) is 0 Å². The van der Waals surface area contributed by atoms with E-state index in [1.165, 1.54) is 12.1 Å². The fourth-order valence-electron chi connectivity index (χ4n) is 3.90. The minimum absolute atomic E-state index is 0.0495. The maximum Gasteiger partial charge on any atom is 0.417 e. The molecule has 0 saturated heterocycles. The van der Waals surface area contributed by atoms with Crippen LogP contribution in [0.1, 0.15) is 34.6 Å². The van der Waals surface area contributed by atoms with Crippen LogP contribution in [0.25, 0.3) is 11.1 Å². The molecule has 33 heavy (non-hydrogen) atoms. The van der Waals surface area contributed by atoms with Crippen molar-refractivity contribution in [2.24, 2.45) is 0 Å². The number of hydrogen-bond acceptors (Lipinski definition) is 2. The largest absolute Gasteiger partial charge is 0.449 e. The average molecular weight is 470 g/mol. The molecule has 0 aliphatic heterocycles. The smallest absolute Gasteiger partial charge is 0.417 e. The Bertz CT molecular complexity index is 1200. The van der Waals surface area contributed by atoms with Gasteiger partial charge in [0.25, 0.3) is 0 Å². The van der Waals surface area contributed by atoms with Gasteiger partial charge in [0.1, 0.15) is 6.61 Å². The topological polar surface area (TPSA) is 38.3 Å². The van der Waals surface area contributed by atoms with Gasteiger partial charge in [-0.25, -0.2) is 4.79 Å². The first kappa shape index (κ1) is 22.8. The molecule has 0 saturated carbocycles. The lowest BCUT2D eigenvalue weighted by atomic mass is 9.98. The molecule has 0 spiro atoms. The number of carbonyl (C=O) groups is 1. The Kier molecular flexibility index (Phi) is 6.62. The Morgan fingerprint density at radius 2 is 1.64 bits per heavy atom. The minimum Gasteiger partial charge on any atom is -0.449 e. The zero-order valence-electron chi connectivity index (χ0n) is 17.4. The lowest BCUT2D eigenvalue weighted by Crippen LogP contribution is -2.26. The number of fused-ring (bicyclic) bond motifs is 3. The molecule has 1 N–H and O–H groups in total. The normalized spacial score (nSPS) is 12.4. The summed E-state index contributed by atoms with van der Waals surface area (Å²) in [7, 11) is 0. The summed E-state index contributed by atoms with van der Waals surface area (Å²) in [4.78, 5) is 12.1. The Morgan fingerprint density at radius 3 is 2.27 bits per heavy atom. The summed E-state index contributed by atoms with van der Waals surface area (Å²) < 4.78 is 44.6. The number of hydrogen-bond donors (Lipinski definition) is 1. The lowest BCUT2D eigenvalue weighted by molar-refractivity contribution is -0.137. The Hall–Kier alpha value is -3.43. The number of alkyl halides is 3. The van der Waals surface area contributed by atoms with Crippen molar-refractivity contribution in [3.63, 3.8) is 0 Å². The molecule has 0 atom stereocenters. The predicted octanol–water partition coefficient (Wildman–Crippen LogP) is 6.64. The van der Waals surface area contributed by atoms with E-state index in [1.807, 2.05) is 36.4 Å². The van der Waals surface area contributed by atoms with Gasteiger partial charge in [-0.3, -0.25) is 0 Å². The minimum atomic E-state index is -4.52. The highest BCUT2D eigenvalue weighted by atomic mass is 35.5. The molecule has 0 fully saturated rings. The summed E-state index contributed by atoms with van der Waals surface area (Å²) in [5.41, 5.74) is 3.45. The molecule has 0 heterocycles. The third kappa shape index (κ3) is 5.15. The predicted molar refractivity (Wildman–Crippen MR) is 121 cm³/mol. The molecular formula is C26H19ClF3NO2. The van der Waals surface area contributed by atoms with E-state index < -0.39 is 17.8 Å². The molecule has 168 valence electrons. The third-order valence-electron chi connectivity index (χ3n) is 5.37. The lowest BCUT2D eigenvalue weighted by Gasteiger charge is -2.14. The van der Waals surface area contributed by atoms with Crippen LogP contribution in [0.15, 0.2) is 66.7 Å². The van der Waals surface area contributed by atoms with Crippen LogP contribution in [0.4, 0.5) is 18.0 Å². The van der Waals surface area contributed by atoms with Crippen LogP contribution in [0, 0.1) is 11.8 Å². The number of nitrogens with one attached hydrogen (secondary N) is 1. The Balaban J connectivity index is 1.31. The number of benzene rings is 3. The van der Waals surface area contributed by atoms with Gasteiger partial charge >= 0.3 is 12.3 Å². The van der Waals surface area contributed by atoms with Gasteiger partial charge in [0.15, 0.2) is 0 Å². The molecule has 3 aromatic rings. The Labute approximate surface area is 194 Å². The van der Waals surface area contributed by atoms with E-state index in [4.69, 9.17) is 16.3 Å². The van der Waals surface area contributed by atoms with Gasteiger partial charge in [0, 0.05) is 29.5 Å². The second kappa shape index (κ2) is 9.60. The highest BCUT2D eigenvalue weighted by Crippen LogP contribution is 2.44. The number of ether oxygens (including phenoxy) is 1. The fourth-order valence-corrected chi connectivity index (χ4v) is 4.07. The van der Waals surface area contributed by atoms with Gasteiger partial charge in [-0.05, 0) is 40.5 Å². The molecule has 4 rings (SSSR count). The molecule has 1 aliphatic carbocycles. The first-order chi connectivity index (χ1) is 15.8. The van der Waals surface area contributed by atoms with Gasteiger partial charge in [-0.1, -0.05) is 72.0 Å². The number of carbonyl (C=O) groups excluding carboxylic acids is 1. The quantitative estimate of drug-likeness (QED) is 0.343. The van der Waals surface area contributed by atoms with E-state index in [9.17, 15) is 18.0 Å². The molecule has 0 unspecified atom stereocenters. The molecule has 1 aliphatic rings. The number of alkyl carbamates (subject to hydrolysis) is 1. The van der Waals surface area contributed by atoms with Gasteiger partial charge in [-0.2, -0.15) is 13.2 Å². The third-order valence-corrected chi connectivity index (χ3v) is 5.61. The van der Waals surface area contributed by atoms with Crippen LogP contribution in [0.3, 0.4) is 0 Å². The Morgan fingerprint density at radius 1 is 1.00 bits per heavy atom. The summed E-state index contributed by atoms with van der Waals surface area (Å²) in [6.45, 7) is 0.328. The average Bonchev–Trinajstić information content (AvgIpc) is 3.10. The molecule has 0 aromatic heterocycles. The number of amides is 1. The standard InChI is InChI=1S/C26H19ClF3NO2/c27-18-12-13-24(26(28,29)30)17(15-18)7-5-6-14-31-25(32)33-16-23-21-10-3-1-8-19(21)20-9-2-4-11-22(20)23/h1-4,8-13,15,23H,6,14,16H2,(H,31,32). The summed E-state index contributed by atoms with van der Waals surface area (Å²) in [5, 5.41) is 2.76. The van der Waals surface area contributed by atoms with E-state index in [0.717, 1.165) is 28.3 Å². The van der Waals surface area contributed by atoms with Crippen LogP contribution >= 0.6 is 11.6 Å². The van der Waals surface area contributed by atoms with Crippen molar-refractivity contribution >= 4 is 17.7 Å². The second-order valence-corrected chi connectivity index (χ2v) is 7.93. The van der Waals surface area contributed by atoms with Gasteiger partial charge in [0.05, 0.1) is 5.56 Å². The van der Waals surface area contributed by atoms with Gasteiger partial charge in [-0.15, -0.1) is 0 Å². The zero-order valence-corrected chi connectivity index (χ0v) is 18.1. The van der Waals surface area contributed by atoms with E-state index in [-0.39, 0.29) is 36.1 Å². The second-order valence-electron chi connectivity index (χ2n) is 7.49. The molecule has 3 nitrogen and oxygen atoms in total. The van der Waals surface area contributed by atoms with Crippen molar-refractivity contribution in [1.82, 2.24) is 5.32 Å². The van der Waals surface area contributed by atoms with E-state index >= 15 is 0 Å². The maximum absolute atomic E-state index is 13.1. The van der Waals surface area contributed by atoms with Crippen molar-refractivity contribution in [3.05, 3.63) is 94.0 Å². The first-order valence-electron chi connectivity index (χ1n) is 10.3. The van der Waals surface area contributed by atoms with Crippen LogP contribution in [-0.2, 0) is 10.9 Å². The number of halogens is 4. The van der Waals surface area contributed by atoms with Crippen LogP contribution in [-0.4, -0.2) is 19.2 Å². The van der Waals surface area contributed by atoms with Crippen molar-refractivity contribution in [2.75, 3.05) is 13.2 Å². The van der Waals surface area contributed by atoms with Crippen molar-refractivity contribution in [3.8, 4) is 23.0 Å². The van der Waals surface area contributed by atoms with Crippen LogP contribution in [0.5, 0.6) is 0 Å². The molecule has 0 bridgehead atoms. The van der Waals surface area contributed by atoms with E-state index in [2.05, 4.69) is 29.3 Å². The first-order valence-corrected chi connectivity index (χ1v) is 10.7. The zero-order chi connectivity index (χ0) is 23.4. The summed E-state index contributed by atoms with van der Waals surface area (Å²) in [5.74, 6) is 5.08. The van der Waals surface area contributed by atoms with Crippen LogP contribution in [0.2, 0.25) is 5.02 Å². The highest BCUT2D eigenvalue weighted by molar-refractivity contribution is 6.30. The SMILES string of the molecule is O=C(NCCC#Cc1cc(Cl)ccc1C(F)(F)F)OCC1c2ccccc2-c2ccccc21. The molecule has 3 aromatic carbocycles. The van der Waals surface area contributed by atoms with E-state index in [0.29, 0.717) is 0 Å². The summed E-state index contributed by atoms with van der Waals surface area (Å²) in [6, 6.07) is 19.3. The monoisotopic (exact) mass is 469 g/mol. The summed E-state index contributed by atoms with van der Waals surface area (Å²) in [6.07, 6.45) is -4.96. The van der Waals surface area contributed by atoms with Crippen LogP contribution < -0.4 is 5.32 Å². The van der Waals surface area contributed by atoms with Gasteiger partial charge < -0.3 is 10.1 Å². The molecular weight excluding hydrogens is 451 g/mol. The molecule has 1 amide bonds. The number of rotatable bonds is 4. The van der Waals surface area contributed by atoms with Crippen molar-refractivity contribution < 1.29 is 22.7 Å². The highest BCUT2D eigenvalue weighted by Gasteiger charge is 2.33.